The van der Waals surface area contributed by atoms with Crippen LogP contribution in [0.15, 0.2) is 47.7 Å². The third kappa shape index (κ3) is 3.59. The summed E-state index contributed by atoms with van der Waals surface area (Å²) in [5.41, 5.74) is 3.76. The Hall–Kier alpha value is -2.76. The van der Waals surface area contributed by atoms with Crippen molar-refractivity contribution in [2.24, 2.45) is 5.41 Å². The SMILES string of the molecule is Cc1cc2c(cc1C)N[C@@H](c1ccccc1C(F)(F)F)C1=C(CC(C)(C)CC1=O)N2. The number of alkyl halides is 3. The monoisotopic (exact) mass is 414 g/mol. The van der Waals surface area contributed by atoms with E-state index in [1.54, 1.807) is 6.07 Å². The number of hydrogen-bond acceptors (Lipinski definition) is 3. The van der Waals surface area contributed by atoms with Gasteiger partial charge in [-0.2, -0.15) is 13.2 Å². The number of benzene rings is 2. The second kappa shape index (κ2) is 6.89. The summed E-state index contributed by atoms with van der Waals surface area (Å²) in [7, 11) is 0. The lowest BCUT2D eigenvalue weighted by Crippen LogP contribution is -2.32. The van der Waals surface area contributed by atoms with Gasteiger partial charge < -0.3 is 10.6 Å². The first-order valence-corrected chi connectivity index (χ1v) is 10.0. The maximum absolute atomic E-state index is 13.8. The van der Waals surface area contributed by atoms with Crippen molar-refractivity contribution in [1.29, 1.82) is 0 Å². The zero-order valence-electron chi connectivity index (χ0n) is 17.5. The molecule has 30 heavy (non-hydrogen) atoms. The number of carbonyl (C=O) groups excluding carboxylic acids is 1. The van der Waals surface area contributed by atoms with E-state index in [0.29, 0.717) is 29.8 Å². The molecule has 1 atom stereocenters. The molecule has 2 aliphatic rings. The first kappa shape index (κ1) is 20.5. The van der Waals surface area contributed by atoms with Gasteiger partial charge in [0.25, 0.3) is 0 Å². The molecule has 4 rings (SSSR count). The maximum Gasteiger partial charge on any atom is 0.416 e. The number of Topliss-reactive ketones (excluding diaryl/α,β-unsaturated/α-hetero) is 1. The van der Waals surface area contributed by atoms with Crippen LogP contribution < -0.4 is 10.6 Å². The quantitative estimate of drug-likeness (QED) is 0.556. The Morgan fingerprint density at radius 3 is 2.30 bits per heavy atom. The summed E-state index contributed by atoms with van der Waals surface area (Å²) in [4.78, 5) is 13.2. The number of anilines is 2. The molecule has 0 aromatic heterocycles. The van der Waals surface area contributed by atoms with Crippen LogP contribution in [0.4, 0.5) is 24.5 Å². The molecule has 2 aromatic carbocycles. The van der Waals surface area contributed by atoms with E-state index in [1.165, 1.54) is 12.1 Å². The molecule has 2 aromatic rings. The zero-order valence-corrected chi connectivity index (χ0v) is 17.5. The zero-order chi connectivity index (χ0) is 21.8. The van der Waals surface area contributed by atoms with Crippen molar-refractivity contribution >= 4 is 17.2 Å². The Morgan fingerprint density at radius 1 is 1.00 bits per heavy atom. The van der Waals surface area contributed by atoms with Gasteiger partial charge in [0.1, 0.15) is 0 Å². The molecule has 0 radical (unpaired) electrons. The Kier molecular flexibility index (Phi) is 4.71. The third-order valence-corrected chi connectivity index (χ3v) is 6.01. The molecule has 0 unspecified atom stereocenters. The highest BCUT2D eigenvalue weighted by atomic mass is 19.4. The minimum atomic E-state index is -4.51. The van der Waals surface area contributed by atoms with Crippen LogP contribution in [-0.2, 0) is 11.0 Å². The van der Waals surface area contributed by atoms with Crippen molar-refractivity contribution in [2.75, 3.05) is 10.6 Å². The van der Waals surface area contributed by atoms with E-state index in [4.69, 9.17) is 0 Å². The van der Waals surface area contributed by atoms with Crippen LogP contribution in [0.1, 0.15) is 55.0 Å². The highest BCUT2D eigenvalue weighted by Crippen LogP contribution is 2.47. The van der Waals surface area contributed by atoms with Crippen LogP contribution in [0, 0.1) is 19.3 Å². The summed E-state index contributed by atoms with van der Waals surface area (Å²) in [5.74, 6) is -0.121. The van der Waals surface area contributed by atoms with Crippen LogP contribution in [0.5, 0.6) is 0 Å². The Morgan fingerprint density at radius 2 is 1.63 bits per heavy atom. The van der Waals surface area contributed by atoms with Gasteiger partial charge in [-0.3, -0.25) is 4.79 Å². The predicted molar refractivity (Wildman–Crippen MR) is 112 cm³/mol. The lowest BCUT2D eigenvalue weighted by atomic mass is 9.73. The summed E-state index contributed by atoms with van der Waals surface area (Å²) in [5, 5.41) is 6.66. The molecule has 1 heterocycles. The minimum absolute atomic E-state index is 0.0680. The molecule has 0 spiro atoms. The summed E-state index contributed by atoms with van der Waals surface area (Å²) in [6.45, 7) is 7.97. The molecule has 158 valence electrons. The second-order valence-electron chi connectivity index (χ2n) is 9.10. The molecule has 2 N–H and O–H groups in total. The van der Waals surface area contributed by atoms with E-state index < -0.39 is 17.8 Å². The van der Waals surface area contributed by atoms with E-state index in [0.717, 1.165) is 22.9 Å². The topological polar surface area (TPSA) is 41.1 Å². The van der Waals surface area contributed by atoms with Gasteiger partial charge in [0, 0.05) is 17.7 Å². The number of rotatable bonds is 1. The highest BCUT2D eigenvalue weighted by Gasteiger charge is 2.42. The predicted octanol–water partition coefficient (Wildman–Crippen LogP) is 6.54. The minimum Gasteiger partial charge on any atom is -0.372 e. The first-order valence-electron chi connectivity index (χ1n) is 10.0. The average molecular weight is 414 g/mol. The van der Waals surface area contributed by atoms with Gasteiger partial charge in [-0.1, -0.05) is 32.0 Å². The van der Waals surface area contributed by atoms with Crippen molar-refractivity contribution < 1.29 is 18.0 Å². The summed E-state index contributed by atoms with van der Waals surface area (Å²) in [6.07, 6.45) is -3.62. The lowest BCUT2D eigenvalue weighted by molar-refractivity contribution is -0.138. The van der Waals surface area contributed by atoms with Crippen LogP contribution in [0.25, 0.3) is 0 Å². The Labute approximate surface area is 174 Å². The highest BCUT2D eigenvalue weighted by molar-refractivity contribution is 6.01. The van der Waals surface area contributed by atoms with E-state index >= 15 is 0 Å². The fourth-order valence-electron chi connectivity index (χ4n) is 4.45. The second-order valence-corrected chi connectivity index (χ2v) is 9.10. The Balaban J connectivity index is 1.96. The molecule has 3 nitrogen and oxygen atoms in total. The van der Waals surface area contributed by atoms with Crippen molar-refractivity contribution in [3.63, 3.8) is 0 Å². The first-order chi connectivity index (χ1) is 14.0. The molecule has 0 saturated heterocycles. The molecule has 0 saturated carbocycles. The van der Waals surface area contributed by atoms with E-state index in [1.807, 2.05) is 39.8 Å². The van der Waals surface area contributed by atoms with E-state index in [2.05, 4.69) is 10.6 Å². The van der Waals surface area contributed by atoms with Crippen molar-refractivity contribution in [1.82, 2.24) is 0 Å². The van der Waals surface area contributed by atoms with Gasteiger partial charge in [-0.15, -0.1) is 0 Å². The molecular formula is C24H25F3N2O. The third-order valence-electron chi connectivity index (χ3n) is 6.01. The van der Waals surface area contributed by atoms with E-state index in [-0.39, 0.29) is 16.8 Å². The molecule has 1 aliphatic carbocycles. The number of fused-ring (bicyclic) bond motifs is 1. The Bertz CT molecular complexity index is 1070. The number of hydrogen-bond donors (Lipinski definition) is 2. The van der Waals surface area contributed by atoms with Gasteiger partial charge in [-0.25, -0.2) is 0 Å². The lowest BCUT2D eigenvalue weighted by Gasteiger charge is -2.34. The molecule has 0 bridgehead atoms. The molecular weight excluding hydrogens is 389 g/mol. The largest absolute Gasteiger partial charge is 0.416 e. The van der Waals surface area contributed by atoms with Gasteiger partial charge in [0.05, 0.1) is 23.0 Å². The molecule has 6 heteroatoms. The van der Waals surface area contributed by atoms with Crippen LogP contribution in [0.3, 0.4) is 0 Å². The summed E-state index contributed by atoms with van der Waals surface area (Å²) < 4.78 is 41.5. The normalized spacial score (nSPS) is 20.6. The van der Waals surface area contributed by atoms with Crippen LogP contribution in [-0.4, -0.2) is 5.78 Å². The van der Waals surface area contributed by atoms with Gasteiger partial charge in [-0.05, 0) is 60.6 Å². The number of carbonyl (C=O) groups is 1. The molecule has 0 fully saturated rings. The van der Waals surface area contributed by atoms with Gasteiger partial charge >= 0.3 is 6.18 Å². The summed E-state index contributed by atoms with van der Waals surface area (Å²) >= 11 is 0. The fourth-order valence-corrected chi connectivity index (χ4v) is 4.45. The number of halogens is 3. The van der Waals surface area contributed by atoms with Crippen molar-refractivity contribution in [3.8, 4) is 0 Å². The van der Waals surface area contributed by atoms with Gasteiger partial charge in [0.2, 0.25) is 0 Å². The number of nitrogens with one attached hydrogen (secondary N) is 2. The van der Waals surface area contributed by atoms with Crippen molar-refractivity contribution in [3.05, 3.63) is 69.9 Å². The average Bonchev–Trinajstić information content (AvgIpc) is 2.77. The van der Waals surface area contributed by atoms with Gasteiger partial charge in [0.15, 0.2) is 5.78 Å². The van der Waals surface area contributed by atoms with Crippen LogP contribution >= 0.6 is 0 Å². The number of allylic oxidation sites excluding steroid dienone is 1. The number of ketones is 1. The van der Waals surface area contributed by atoms with Crippen LogP contribution in [0.2, 0.25) is 0 Å². The molecule has 0 amide bonds. The standard InChI is InChI=1S/C24H25F3N2O/c1-13-9-17-18(10-14(13)2)29-22(15-7-5-6-8-16(15)24(25,26)27)21-19(28-17)11-23(3,4)12-20(21)30/h5-10,22,28-29H,11-12H2,1-4H3/t22-/m0/s1. The van der Waals surface area contributed by atoms with Crippen molar-refractivity contribution in [2.45, 2.75) is 52.8 Å². The van der Waals surface area contributed by atoms with E-state index in [9.17, 15) is 18.0 Å². The maximum atomic E-state index is 13.8. The summed E-state index contributed by atoms with van der Waals surface area (Å²) in [6, 6.07) is 8.53. The smallest absolute Gasteiger partial charge is 0.372 e. The molecule has 1 aliphatic heterocycles. The fraction of sp³-hybridized carbons (Fsp3) is 0.375. The number of aryl methyl sites for hydroxylation is 2.